The molecule has 2 aromatic heterocycles. The van der Waals surface area contributed by atoms with Crippen molar-refractivity contribution in [2.75, 3.05) is 12.4 Å². The Morgan fingerprint density at radius 3 is 2.52 bits per heavy atom. The van der Waals surface area contributed by atoms with E-state index in [2.05, 4.69) is 15.5 Å². The fourth-order valence-electron chi connectivity index (χ4n) is 3.21. The number of fused-ring (bicyclic) bond motifs is 1. The number of aromatic nitrogens is 2. The van der Waals surface area contributed by atoms with Gasteiger partial charge in [-0.15, -0.1) is 5.10 Å². The molecule has 4 aromatic rings. The van der Waals surface area contributed by atoms with E-state index in [9.17, 15) is 13.2 Å². The highest BCUT2D eigenvalue weighted by atomic mass is 32.2. The maximum atomic E-state index is 12.6. The molecule has 0 atom stereocenters. The van der Waals surface area contributed by atoms with Crippen LogP contribution in [0.15, 0.2) is 68.3 Å². The average molecular weight is 438 g/mol. The third kappa shape index (κ3) is 3.71. The Morgan fingerprint density at radius 2 is 1.81 bits per heavy atom. The van der Waals surface area contributed by atoms with E-state index in [0.717, 1.165) is 18.2 Å². The molecule has 1 aliphatic rings. The molecule has 1 saturated carbocycles. The predicted molar refractivity (Wildman–Crippen MR) is 112 cm³/mol. The van der Waals surface area contributed by atoms with Gasteiger partial charge in [0.2, 0.25) is 10.0 Å². The third-order valence-electron chi connectivity index (χ3n) is 5.14. The molecular weight excluding hydrogens is 420 g/mol. The van der Waals surface area contributed by atoms with Crippen molar-refractivity contribution in [3.63, 3.8) is 0 Å². The van der Waals surface area contributed by atoms with Crippen molar-refractivity contribution in [2.45, 2.75) is 23.8 Å². The normalized spacial score (nSPS) is 14.3. The molecule has 2 heterocycles. The molecule has 0 radical (unpaired) electrons. The number of amides is 1. The van der Waals surface area contributed by atoms with Crippen LogP contribution in [0.1, 0.15) is 23.2 Å². The zero-order valence-electron chi connectivity index (χ0n) is 16.5. The van der Waals surface area contributed by atoms with Crippen LogP contribution in [0, 0.1) is 0 Å². The van der Waals surface area contributed by atoms with Gasteiger partial charge in [-0.3, -0.25) is 10.1 Å². The van der Waals surface area contributed by atoms with E-state index in [0.29, 0.717) is 11.3 Å². The number of benzene rings is 2. The zero-order chi connectivity index (χ0) is 21.6. The molecule has 1 fully saturated rings. The highest BCUT2D eigenvalue weighted by Gasteiger charge is 2.35. The van der Waals surface area contributed by atoms with Crippen LogP contribution in [0.2, 0.25) is 0 Å². The van der Waals surface area contributed by atoms with Crippen LogP contribution in [0.25, 0.3) is 22.6 Å². The average Bonchev–Trinajstić information content (AvgIpc) is 3.36. The number of nitrogens with one attached hydrogen (secondary N) is 1. The minimum absolute atomic E-state index is 0.0615. The molecule has 2 aromatic carbocycles. The Labute approximate surface area is 177 Å². The molecule has 0 saturated heterocycles. The van der Waals surface area contributed by atoms with Crippen molar-refractivity contribution in [2.24, 2.45) is 0 Å². The van der Waals surface area contributed by atoms with Gasteiger partial charge >= 0.3 is 6.01 Å². The van der Waals surface area contributed by atoms with E-state index >= 15 is 0 Å². The fourth-order valence-corrected chi connectivity index (χ4v) is 4.62. The van der Waals surface area contributed by atoms with Crippen LogP contribution in [0.3, 0.4) is 0 Å². The van der Waals surface area contributed by atoms with Gasteiger partial charge in [0.05, 0.1) is 4.90 Å². The first-order chi connectivity index (χ1) is 14.9. The van der Waals surface area contributed by atoms with E-state index < -0.39 is 15.9 Å². The topological polar surface area (TPSA) is 119 Å². The standard InChI is InChI=1S/C21H18N4O5S/c1-25(15-8-9-15)31(27,28)16-10-6-13(7-11-16)19(26)22-21-24-23-20(30-21)18-12-14-4-2-3-5-17(14)29-18/h2-7,10-12,15H,8-9H2,1H3,(H,22,24,26). The van der Waals surface area contributed by atoms with Gasteiger partial charge in [0.15, 0.2) is 5.76 Å². The van der Waals surface area contributed by atoms with Crippen LogP contribution in [0.4, 0.5) is 6.01 Å². The summed E-state index contributed by atoms with van der Waals surface area (Å²) in [7, 11) is -1.99. The summed E-state index contributed by atoms with van der Waals surface area (Å²) in [6.07, 6.45) is 1.74. The molecular formula is C21H18N4O5S. The van der Waals surface area contributed by atoms with Gasteiger partial charge in [0, 0.05) is 24.0 Å². The third-order valence-corrected chi connectivity index (χ3v) is 7.06. The summed E-state index contributed by atoms with van der Waals surface area (Å²) in [6, 6.07) is 14.9. The zero-order valence-corrected chi connectivity index (χ0v) is 17.3. The number of anilines is 1. The number of sulfonamides is 1. The molecule has 5 rings (SSSR count). The molecule has 1 N–H and O–H groups in total. The Balaban J connectivity index is 1.30. The number of furan rings is 1. The van der Waals surface area contributed by atoms with Gasteiger partial charge in [-0.25, -0.2) is 8.42 Å². The quantitative estimate of drug-likeness (QED) is 0.489. The first-order valence-electron chi connectivity index (χ1n) is 9.64. The Bertz CT molecular complexity index is 1340. The minimum Gasteiger partial charge on any atom is -0.451 e. The Morgan fingerprint density at radius 1 is 1.06 bits per heavy atom. The van der Waals surface area contributed by atoms with E-state index in [1.165, 1.54) is 28.6 Å². The summed E-state index contributed by atoms with van der Waals surface area (Å²) < 4.78 is 37.7. The van der Waals surface area contributed by atoms with E-state index in [1.54, 1.807) is 13.1 Å². The second kappa shape index (κ2) is 7.33. The summed E-state index contributed by atoms with van der Waals surface area (Å²) in [6.45, 7) is 0. The van der Waals surface area contributed by atoms with Crippen molar-refractivity contribution in [3.8, 4) is 11.7 Å². The van der Waals surface area contributed by atoms with Gasteiger partial charge < -0.3 is 8.83 Å². The van der Waals surface area contributed by atoms with E-state index in [1.807, 2.05) is 24.3 Å². The first kappa shape index (κ1) is 19.5. The second-order valence-corrected chi connectivity index (χ2v) is 9.29. The highest BCUT2D eigenvalue weighted by Crippen LogP contribution is 2.30. The first-order valence-corrected chi connectivity index (χ1v) is 11.1. The molecule has 0 spiro atoms. The second-order valence-electron chi connectivity index (χ2n) is 7.29. The number of hydrogen-bond donors (Lipinski definition) is 1. The van der Waals surface area contributed by atoms with Crippen molar-refractivity contribution in [1.29, 1.82) is 0 Å². The summed E-state index contributed by atoms with van der Waals surface area (Å²) in [5, 5.41) is 11.1. The lowest BCUT2D eigenvalue weighted by atomic mass is 10.2. The number of hydrogen-bond acceptors (Lipinski definition) is 7. The lowest BCUT2D eigenvalue weighted by Crippen LogP contribution is -2.29. The van der Waals surface area contributed by atoms with E-state index in [-0.39, 0.29) is 28.4 Å². The molecule has 158 valence electrons. The fraction of sp³-hybridized carbons (Fsp3) is 0.190. The van der Waals surface area contributed by atoms with Gasteiger partial charge in [-0.05, 0) is 49.2 Å². The van der Waals surface area contributed by atoms with Crippen molar-refractivity contribution >= 4 is 32.9 Å². The van der Waals surface area contributed by atoms with E-state index in [4.69, 9.17) is 8.83 Å². The lowest BCUT2D eigenvalue weighted by Gasteiger charge is -2.16. The van der Waals surface area contributed by atoms with Crippen LogP contribution >= 0.6 is 0 Å². The summed E-state index contributed by atoms with van der Waals surface area (Å²) in [4.78, 5) is 12.6. The number of para-hydroxylation sites is 1. The van der Waals surface area contributed by atoms with Crippen LogP contribution in [0.5, 0.6) is 0 Å². The SMILES string of the molecule is CN(C1CC1)S(=O)(=O)c1ccc(C(=O)Nc2nnc(-c3cc4ccccc4o3)o2)cc1. The van der Waals surface area contributed by atoms with Crippen LogP contribution < -0.4 is 5.32 Å². The van der Waals surface area contributed by atoms with Gasteiger partial charge in [0.1, 0.15) is 5.58 Å². The van der Waals surface area contributed by atoms with Crippen molar-refractivity contribution in [1.82, 2.24) is 14.5 Å². The predicted octanol–water partition coefficient (Wildman–Crippen LogP) is 3.52. The largest absolute Gasteiger partial charge is 0.451 e. The van der Waals surface area contributed by atoms with Crippen LogP contribution in [-0.4, -0.2) is 41.9 Å². The Kier molecular flexibility index (Phi) is 4.60. The molecule has 10 heteroatoms. The smallest absolute Gasteiger partial charge is 0.322 e. The van der Waals surface area contributed by atoms with Crippen molar-refractivity contribution < 1.29 is 22.0 Å². The summed E-state index contributed by atoms with van der Waals surface area (Å²) >= 11 is 0. The molecule has 1 aliphatic carbocycles. The molecule has 0 bridgehead atoms. The highest BCUT2D eigenvalue weighted by molar-refractivity contribution is 7.89. The van der Waals surface area contributed by atoms with Gasteiger partial charge in [-0.2, -0.15) is 4.31 Å². The molecule has 31 heavy (non-hydrogen) atoms. The number of carbonyl (C=O) groups excluding carboxylic acids is 1. The number of rotatable bonds is 6. The summed E-state index contributed by atoms with van der Waals surface area (Å²) in [5.41, 5.74) is 0.945. The molecule has 0 aliphatic heterocycles. The maximum absolute atomic E-state index is 12.6. The molecule has 1 amide bonds. The minimum atomic E-state index is -3.57. The maximum Gasteiger partial charge on any atom is 0.322 e. The summed E-state index contributed by atoms with van der Waals surface area (Å²) in [5.74, 6) is 0.0268. The number of carbonyl (C=O) groups is 1. The monoisotopic (exact) mass is 438 g/mol. The van der Waals surface area contributed by atoms with Crippen molar-refractivity contribution in [3.05, 3.63) is 60.2 Å². The lowest BCUT2D eigenvalue weighted by molar-refractivity contribution is 0.102. The Hall–Kier alpha value is -3.50. The number of nitrogens with zero attached hydrogens (tertiary/aromatic N) is 3. The van der Waals surface area contributed by atoms with Gasteiger partial charge in [0.25, 0.3) is 11.8 Å². The molecule has 9 nitrogen and oxygen atoms in total. The van der Waals surface area contributed by atoms with Crippen LogP contribution in [-0.2, 0) is 10.0 Å². The molecule has 0 unspecified atom stereocenters. The van der Waals surface area contributed by atoms with Gasteiger partial charge in [-0.1, -0.05) is 23.3 Å².